The standard InChI is InChI=1S/C23H27N3O5S2/c1-4-10-25(22(27)21-9-6-13-32-21)16-19-15-24-23(26(19)11-12-30-2)33(28,29)17-18-7-5-8-20(14-18)31-3/h4-9,13-15H,1,10-12,16-17H2,2-3H3. The number of imidazole rings is 1. The molecule has 0 atom stereocenters. The first-order valence-corrected chi connectivity index (χ1v) is 12.8. The quantitative estimate of drug-likeness (QED) is 0.362. The zero-order chi connectivity index (χ0) is 23.8. The van der Waals surface area contributed by atoms with E-state index in [0.29, 0.717) is 35.0 Å². The molecule has 0 spiro atoms. The van der Waals surface area contributed by atoms with E-state index in [-0.39, 0.29) is 29.9 Å². The highest BCUT2D eigenvalue weighted by Crippen LogP contribution is 2.22. The van der Waals surface area contributed by atoms with Gasteiger partial charge in [0.05, 0.1) is 42.8 Å². The lowest BCUT2D eigenvalue weighted by Gasteiger charge is -2.21. The maximum absolute atomic E-state index is 13.3. The smallest absolute Gasteiger partial charge is 0.264 e. The summed E-state index contributed by atoms with van der Waals surface area (Å²) in [5.41, 5.74) is 1.20. The summed E-state index contributed by atoms with van der Waals surface area (Å²) in [7, 11) is -0.692. The van der Waals surface area contributed by atoms with Gasteiger partial charge in [-0.2, -0.15) is 0 Å². The molecule has 0 bridgehead atoms. The molecule has 0 unspecified atom stereocenters. The number of carbonyl (C=O) groups is 1. The summed E-state index contributed by atoms with van der Waals surface area (Å²) in [5, 5.41) is 1.78. The normalized spacial score (nSPS) is 11.3. The molecular weight excluding hydrogens is 462 g/mol. The third kappa shape index (κ3) is 6.10. The molecule has 0 fully saturated rings. The van der Waals surface area contributed by atoms with Gasteiger partial charge in [0.2, 0.25) is 15.0 Å². The Labute approximate surface area is 198 Å². The van der Waals surface area contributed by atoms with E-state index >= 15 is 0 Å². The molecule has 3 rings (SSSR count). The monoisotopic (exact) mass is 489 g/mol. The molecule has 0 aliphatic heterocycles. The Bertz CT molecular complexity index is 1190. The van der Waals surface area contributed by atoms with Crippen LogP contribution in [0, 0.1) is 0 Å². The molecule has 33 heavy (non-hydrogen) atoms. The summed E-state index contributed by atoms with van der Waals surface area (Å²) in [4.78, 5) is 19.4. The van der Waals surface area contributed by atoms with E-state index in [2.05, 4.69) is 11.6 Å². The lowest BCUT2D eigenvalue weighted by atomic mass is 10.2. The van der Waals surface area contributed by atoms with Gasteiger partial charge in [0.15, 0.2) is 0 Å². The molecule has 3 aromatic rings. The van der Waals surface area contributed by atoms with Crippen LogP contribution in [0.25, 0.3) is 0 Å². The van der Waals surface area contributed by atoms with Crippen LogP contribution in [0.1, 0.15) is 20.9 Å². The molecule has 8 nitrogen and oxygen atoms in total. The van der Waals surface area contributed by atoms with Gasteiger partial charge in [0.1, 0.15) is 5.75 Å². The number of carbonyl (C=O) groups excluding carboxylic acids is 1. The molecule has 1 amide bonds. The average Bonchev–Trinajstić information content (AvgIpc) is 3.47. The van der Waals surface area contributed by atoms with Crippen molar-refractivity contribution in [2.75, 3.05) is 27.4 Å². The van der Waals surface area contributed by atoms with Crippen LogP contribution in [0.2, 0.25) is 0 Å². The van der Waals surface area contributed by atoms with Crippen molar-refractivity contribution in [3.63, 3.8) is 0 Å². The molecule has 10 heteroatoms. The van der Waals surface area contributed by atoms with E-state index in [1.54, 1.807) is 53.0 Å². The van der Waals surface area contributed by atoms with Gasteiger partial charge in [-0.1, -0.05) is 24.3 Å². The van der Waals surface area contributed by atoms with E-state index in [1.165, 1.54) is 24.6 Å². The number of hydrogen-bond donors (Lipinski definition) is 0. The molecule has 0 aliphatic rings. The number of methoxy groups -OCH3 is 2. The Morgan fingerprint density at radius 1 is 1.27 bits per heavy atom. The third-order valence-electron chi connectivity index (χ3n) is 4.91. The van der Waals surface area contributed by atoms with Crippen LogP contribution in [-0.2, 0) is 33.4 Å². The van der Waals surface area contributed by atoms with Crippen LogP contribution < -0.4 is 4.74 Å². The predicted molar refractivity (Wildman–Crippen MR) is 127 cm³/mol. The molecule has 2 heterocycles. The van der Waals surface area contributed by atoms with Crippen LogP contribution in [0.15, 0.2) is 65.8 Å². The second-order valence-corrected chi connectivity index (χ2v) is 10.1. The van der Waals surface area contributed by atoms with Gasteiger partial charge in [-0.05, 0) is 29.1 Å². The number of sulfone groups is 1. The number of amides is 1. The number of hydrogen-bond acceptors (Lipinski definition) is 7. The van der Waals surface area contributed by atoms with E-state index in [9.17, 15) is 13.2 Å². The van der Waals surface area contributed by atoms with E-state index < -0.39 is 9.84 Å². The van der Waals surface area contributed by atoms with Gasteiger partial charge in [0.25, 0.3) is 5.91 Å². The summed E-state index contributed by atoms with van der Waals surface area (Å²) in [5.74, 6) is 0.210. The van der Waals surface area contributed by atoms with Crippen LogP contribution in [-0.4, -0.2) is 56.1 Å². The fourth-order valence-electron chi connectivity index (χ4n) is 3.36. The summed E-state index contributed by atoms with van der Waals surface area (Å²) in [6.07, 6.45) is 3.15. The highest BCUT2D eigenvalue weighted by Gasteiger charge is 2.26. The highest BCUT2D eigenvalue weighted by molar-refractivity contribution is 7.90. The Morgan fingerprint density at radius 2 is 2.09 bits per heavy atom. The number of aromatic nitrogens is 2. The van der Waals surface area contributed by atoms with Gasteiger partial charge in [-0.3, -0.25) is 4.79 Å². The molecular formula is C23H27N3O5S2. The second-order valence-electron chi connectivity index (χ2n) is 7.24. The molecule has 0 saturated carbocycles. The maximum atomic E-state index is 13.3. The lowest BCUT2D eigenvalue weighted by Crippen LogP contribution is -2.31. The summed E-state index contributed by atoms with van der Waals surface area (Å²) in [6.45, 7) is 4.83. The van der Waals surface area contributed by atoms with Gasteiger partial charge in [-0.15, -0.1) is 17.9 Å². The summed E-state index contributed by atoms with van der Waals surface area (Å²) in [6, 6.07) is 10.5. The van der Waals surface area contributed by atoms with Crippen molar-refractivity contribution in [3.05, 3.63) is 76.8 Å². The van der Waals surface area contributed by atoms with Crippen molar-refractivity contribution in [2.45, 2.75) is 24.0 Å². The van der Waals surface area contributed by atoms with Crippen molar-refractivity contribution in [3.8, 4) is 5.75 Å². The van der Waals surface area contributed by atoms with Crippen molar-refractivity contribution >= 4 is 27.1 Å². The average molecular weight is 490 g/mol. The fraction of sp³-hybridized carbons (Fsp3) is 0.304. The van der Waals surface area contributed by atoms with Crippen molar-refractivity contribution < 1.29 is 22.7 Å². The molecule has 176 valence electrons. The molecule has 0 aliphatic carbocycles. The number of rotatable bonds is 12. The number of nitrogens with zero attached hydrogens (tertiary/aromatic N) is 3. The molecule has 0 radical (unpaired) electrons. The van der Waals surface area contributed by atoms with E-state index in [1.807, 2.05) is 11.4 Å². The third-order valence-corrected chi connectivity index (χ3v) is 7.36. The number of benzene rings is 1. The van der Waals surface area contributed by atoms with Gasteiger partial charge < -0.3 is 18.9 Å². The molecule has 0 N–H and O–H groups in total. The predicted octanol–water partition coefficient (Wildman–Crippen LogP) is 3.40. The largest absolute Gasteiger partial charge is 0.497 e. The van der Waals surface area contributed by atoms with Gasteiger partial charge in [-0.25, -0.2) is 13.4 Å². The maximum Gasteiger partial charge on any atom is 0.264 e. The lowest BCUT2D eigenvalue weighted by molar-refractivity contribution is 0.0763. The summed E-state index contributed by atoms with van der Waals surface area (Å²) >= 11 is 1.35. The summed E-state index contributed by atoms with van der Waals surface area (Å²) < 4.78 is 38.5. The Kier molecular flexibility index (Phi) is 8.43. The number of ether oxygens (including phenoxy) is 2. The SMILES string of the molecule is C=CCN(Cc1cnc(S(=O)(=O)Cc2cccc(OC)c2)n1CCOC)C(=O)c1cccs1. The van der Waals surface area contributed by atoms with Crippen LogP contribution in [0.5, 0.6) is 5.75 Å². The van der Waals surface area contributed by atoms with Crippen LogP contribution in [0.4, 0.5) is 0 Å². The molecule has 0 saturated heterocycles. The van der Waals surface area contributed by atoms with Crippen LogP contribution in [0.3, 0.4) is 0 Å². The minimum absolute atomic E-state index is 0.0560. The number of thiophene rings is 1. The Hall–Kier alpha value is -2.95. The van der Waals surface area contributed by atoms with E-state index in [4.69, 9.17) is 9.47 Å². The minimum Gasteiger partial charge on any atom is -0.497 e. The van der Waals surface area contributed by atoms with Crippen molar-refractivity contribution in [1.82, 2.24) is 14.5 Å². The highest BCUT2D eigenvalue weighted by atomic mass is 32.2. The fourth-order valence-corrected chi connectivity index (χ4v) is 5.56. The zero-order valence-electron chi connectivity index (χ0n) is 18.6. The second kappa shape index (κ2) is 11.3. The Balaban J connectivity index is 1.92. The van der Waals surface area contributed by atoms with Crippen molar-refractivity contribution in [2.24, 2.45) is 0 Å². The Morgan fingerprint density at radius 3 is 2.76 bits per heavy atom. The molecule has 2 aromatic heterocycles. The zero-order valence-corrected chi connectivity index (χ0v) is 20.3. The topological polar surface area (TPSA) is 90.7 Å². The first-order valence-electron chi connectivity index (χ1n) is 10.2. The van der Waals surface area contributed by atoms with Crippen LogP contribution >= 0.6 is 11.3 Å². The minimum atomic E-state index is -3.77. The van der Waals surface area contributed by atoms with E-state index in [0.717, 1.165) is 0 Å². The van der Waals surface area contributed by atoms with Crippen molar-refractivity contribution in [1.29, 1.82) is 0 Å². The molecule has 1 aromatic carbocycles. The van der Waals surface area contributed by atoms with Gasteiger partial charge in [0, 0.05) is 20.2 Å². The first kappa shape index (κ1) is 24.7. The van der Waals surface area contributed by atoms with Gasteiger partial charge >= 0.3 is 0 Å². The first-order chi connectivity index (χ1) is 15.9.